The maximum atomic E-state index is 5.66. The van der Waals surface area contributed by atoms with Crippen molar-refractivity contribution in [2.45, 2.75) is 51.9 Å². The minimum Gasteiger partial charge on any atom is -0.494 e. The van der Waals surface area contributed by atoms with E-state index in [4.69, 9.17) is 4.74 Å². The molecule has 0 aromatic heterocycles. The van der Waals surface area contributed by atoms with E-state index in [1.807, 2.05) is 24.3 Å². The van der Waals surface area contributed by atoms with Crippen LogP contribution in [0.15, 0.2) is 24.3 Å². The van der Waals surface area contributed by atoms with Crippen LogP contribution in [0.25, 0.3) is 0 Å². The standard InChI is InChI=1S/C16H25O/c1-3-4-5-6-7-8-9-14-17-16-12-10-15(2)11-13-16/h10-13H,2-9,14H2,1H3. The fourth-order valence-corrected chi connectivity index (χ4v) is 1.83. The van der Waals surface area contributed by atoms with Gasteiger partial charge in [0.15, 0.2) is 0 Å². The minimum atomic E-state index is 0.838. The number of hydrogen-bond acceptors (Lipinski definition) is 1. The highest BCUT2D eigenvalue weighted by Crippen LogP contribution is 2.12. The zero-order chi connectivity index (χ0) is 12.3. The molecule has 95 valence electrons. The van der Waals surface area contributed by atoms with Gasteiger partial charge in [0.1, 0.15) is 5.75 Å². The van der Waals surface area contributed by atoms with Gasteiger partial charge < -0.3 is 4.74 Å². The van der Waals surface area contributed by atoms with E-state index >= 15 is 0 Å². The largest absolute Gasteiger partial charge is 0.494 e. The van der Waals surface area contributed by atoms with E-state index in [-0.39, 0.29) is 0 Å². The molecule has 0 bridgehead atoms. The first-order valence-electron chi connectivity index (χ1n) is 6.87. The summed E-state index contributed by atoms with van der Waals surface area (Å²) in [5.74, 6) is 0.961. The van der Waals surface area contributed by atoms with Crippen LogP contribution < -0.4 is 4.74 Å². The summed E-state index contributed by atoms with van der Waals surface area (Å²) in [7, 11) is 0. The second-order valence-corrected chi connectivity index (χ2v) is 4.61. The molecule has 1 aromatic rings. The average molecular weight is 233 g/mol. The molecule has 0 spiro atoms. The lowest BCUT2D eigenvalue weighted by atomic mass is 10.1. The van der Waals surface area contributed by atoms with Gasteiger partial charge in [-0.2, -0.15) is 0 Å². The van der Waals surface area contributed by atoms with Crippen molar-refractivity contribution in [3.05, 3.63) is 36.8 Å². The number of rotatable bonds is 9. The quantitative estimate of drug-likeness (QED) is 0.545. The molecule has 1 aromatic carbocycles. The average Bonchev–Trinajstić information content (AvgIpc) is 2.35. The predicted molar refractivity (Wildman–Crippen MR) is 74.4 cm³/mol. The van der Waals surface area contributed by atoms with Crippen molar-refractivity contribution >= 4 is 0 Å². The molecule has 1 radical (unpaired) electrons. The molecular formula is C16H25O. The zero-order valence-corrected chi connectivity index (χ0v) is 11.1. The Hall–Kier alpha value is -0.980. The maximum absolute atomic E-state index is 5.66. The van der Waals surface area contributed by atoms with E-state index in [9.17, 15) is 0 Å². The van der Waals surface area contributed by atoms with Gasteiger partial charge in [0, 0.05) is 0 Å². The molecule has 0 aliphatic carbocycles. The smallest absolute Gasteiger partial charge is 0.119 e. The number of ether oxygens (including phenoxy) is 1. The summed E-state index contributed by atoms with van der Waals surface area (Å²) in [5, 5.41) is 0. The van der Waals surface area contributed by atoms with Gasteiger partial charge in [-0.05, 0) is 31.0 Å². The SMILES string of the molecule is [CH2]c1ccc(OCCCCCCCCC)cc1. The second-order valence-electron chi connectivity index (χ2n) is 4.61. The van der Waals surface area contributed by atoms with E-state index in [1.165, 1.54) is 38.5 Å². The number of hydrogen-bond donors (Lipinski definition) is 0. The summed E-state index contributed by atoms with van der Waals surface area (Å²) >= 11 is 0. The van der Waals surface area contributed by atoms with E-state index in [0.717, 1.165) is 24.3 Å². The van der Waals surface area contributed by atoms with Gasteiger partial charge >= 0.3 is 0 Å². The number of unbranched alkanes of at least 4 members (excludes halogenated alkanes) is 6. The highest BCUT2D eigenvalue weighted by Gasteiger charge is 1.94. The van der Waals surface area contributed by atoms with Crippen LogP contribution in [0.4, 0.5) is 0 Å². The fraction of sp³-hybridized carbons (Fsp3) is 0.562. The first-order chi connectivity index (χ1) is 8.33. The number of benzene rings is 1. The summed E-state index contributed by atoms with van der Waals surface area (Å²) in [6, 6.07) is 7.95. The third kappa shape index (κ3) is 7.04. The van der Waals surface area contributed by atoms with Gasteiger partial charge in [-0.25, -0.2) is 0 Å². The molecule has 0 atom stereocenters. The Labute approximate surface area is 106 Å². The van der Waals surface area contributed by atoms with Gasteiger partial charge in [-0.3, -0.25) is 0 Å². The van der Waals surface area contributed by atoms with Gasteiger partial charge in [0.2, 0.25) is 0 Å². The molecular weight excluding hydrogens is 208 g/mol. The molecule has 1 heteroatoms. The molecule has 0 aliphatic heterocycles. The lowest BCUT2D eigenvalue weighted by Gasteiger charge is -2.06. The van der Waals surface area contributed by atoms with Gasteiger partial charge in [-0.1, -0.05) is 57.6 Å². The fourth-order valence-electron chi connectivity index (χ4n) is 1.83. The van der Waals surface area contributed by atoms with E-state index in [1.54, 1.807) is 0 Å². The van der Waals surface area contributed by atoms with Crippen molar-refractivity contribution in [2.24, 2.45) is 0 Å². The van der Waals surface area contributed by atoms with Crippen molar-refractivity contribution < 1.29 is 4.74 Å². The molecule has 0 heterocycles. The van der Waals surface area contributed by atoms with Crippen molar-refractivity contribution in [3.8, 4) is 5.75 Å². The lowest BCUT2D eigenvalue weighted by molar-refractivity contribution is 0.304. The maximum Gasteiger partial charge on any atom is 0.119 e. The zero-order valence-electron chi connectivity index (χ0n) is 11.1. The summed E-state index contributed by atoms with van der Waals surface area (Å²) in [4.78, 5) is 0. The lowest BCUT2D eigenvalue weighted by Crippen LogP contribution is -1.97. The molecule has 17 heavy (non-hydrogen) atoms. The Kier molecular flexibility index (Phi) is 7.53. The monoisotopic (exact) mass is 233 g/mol. The van der Waals surface area contributed by atoms with Crippen LogP contribution in [0.2, 0.25) is 0 Å². The molecule has 0 saturated heterocycles. The third-order valence-corrected chi connectivity index (χ3v) is 2.94. The Balaban J connectivity index is 1.95. The van der Waals surface area contributed by atoms with E-state index in [2.05, 4.69) is 13.8 Å². The van der Waals surface area contributed by atoms with Crippen LogP contribution in [0.5, 0.6) is 5.75 Å². The Morgan fingerprint density at radius 1 is 0.882 bits per heavy atom. The highest BCUT2D eigenvalue weighted by atomic mass is 16.5. The van der Waals surface area contributed by atoms with Crippen LogP contribution in [0.3, 0.4) is 0 Å². The summed E-state index contributed by atoms with van der Waals surface area (Å²) in [6.07, 6.45) is 9.28. The predicted octanol–water partition coefficient (Wildman–Crippen LogP) is 5.00. The highest BCUT2D eigenvalue weighted by molar-refractivity contribution is 5.28. The van der Waals surface area contributed by atoms with Crippen molar-refractivity contribution in [3.63, 3.8) is 0 Å². The summed E-state index contributed by atoms with van der Waals surface area (Å²) < 4.78 is 5.66. The van der Waals surface area contributed by atoms with Gasteiger partial charge in [0.25, 0.3) is 0 Å². The Morgan fingerprint density at radius 3 is 2.12 bits per heavy atom. The molecule has 0 aliphatic rings. The van der Waals surface area contributed by atoms with Crippen LogP contribution in [-0.2, 0) is 0 Å². The first-order valence-corrected chi connectivity index (χ1v) is 6.87. The second kappa shape index (κ2) is 9.09. The van der Waals surface area contributed by atoms with Crippen LogP contribution in [0, 0.1) is 6.92 Å². The molecule has 0 saturated carbocycles. The van der Waals surface area contributed by atoms with Crippen LogP contribution in [-0.4, -0.2) is 6.61 Å². The summed E-state index contributed by atoms with van der Waals surface area (Å²) in [6.45, 7) is 6.94. The van der Waals surface area contributed by atoms with E-state index < -0.39 is 0 Å². The minimum absolute atomic E-state index is 0.838. The normalized spacial score (nSPS) is 10.5. The molecule has 0 fully saturated rings. The molecule has 1 rings (SSSR count). The van der Waals surface area contributed by atoms with E-state index in [0.29, 0.717) is 0 Å². The Bertz CT molecular complexity index is 276. The van der Waals surface area contributed by atoms with Crippen molar-refractivity contribution in [1.29, 1.82) is 0 Å². The molecule has 1 nitrogen and oxygen atoms in total. The van der Waals surface area contributed by atoms with Gasteiger partial charge in [-0.15, -0.1) is 0 Å². The summed E-state index contributed by atoms with van der Waals surface area (Å²) in [5.41, 5.74) is 1.04. The first kappa shape index (κ1) is 14.1. The molecule has 0 N–H and O–H groups in total. The molecule has 0 unspecified atom stereocenters. The molecule has 0 amide bonds. The van der Waals surface area contributed by atoms with Crippen LogP contribution >= 0.6 is 0 Å². The van der Waals surface area contributed by atoms with Crippen molar-refractivity contribution in [2.75, 3.05) is 6.61 Å². The Morgan fingerprint density at radius 2 is 1.47 bits per heavy atom. The van der Waals surface area contributed by atoms with Gasteiger partial charge in [0.05, 0.1) is 6.61 Å². The third-order valence-electron chi connectivity index (χ3n) is 2.94. The van der Waals surface area contributed by atoms with Crippen molar-refractivity contribution in [1.82, 2.24) is 0 Å². The van der Waals surface area contributed by atoms with Crippen LogP contribution in [0.1, 0.15) is 57.4 Å². The topological polar surface area (TPSA) is 9.23 Å².